The van der Waals surface area contributed by atoms with Crippen molar-refractivity contribution in [2.45, 2.75) is 37.6 Å². The fourth-order valence-corrected chi connectivity index (χ4v) is 3.44. The Labute approximate surface area is 158 Å². The van der Waals surface area contributed by atoms with Crippen molar-refractivity contribution in [3.63, 3.8) is 0 Å². The molecule has 0 amide bonds. The number of para-hydroxylation sites is 1. The van der Waals surface area contributed by atoms with Gasteiger partial charge in [0.1, 0.15) is 0 Å². The Balaban J connectivity index is 1.86. The molecule has 136 valence electrons. The number of hydrogen-bond donors (Lipinski definition) is 0. The van der Waals surface area contributed by atoms with Crippen molar-refractivity contribution >= 4 is 17.4 Å². The highest BCUT2D eigenvalue weighted by molar-refractivity contribution is 7.99. The van der Waals surface area contributed by atoms with Gasteiger partial charge < -0.3 is 4.90 Å². The normalized spacial score (nSPS) is 11.7. The van der Waals surface area contributed by atoms with Gasteiger partial charge in [0.2, 0.25) is 0 Å². The van der Waals surface area contributed by atoms with E-state index in [0.29, 0.717) is 0 Å². The average molecular weight is 357 g/mol. The zero-order valence-electron chi connectivity index (χ0n) is 16.1. The van der Waals surface area contributed by atoms with Crippen LogP contribution in [0.4, 0.5) is 5.69 Å². The summed E-state index contributed by atoms with van der Waals surface area (Å²) in [5.41, 5.74) is 1.54. The number of rotatable bonds is 9. The fourth-order valence-electron chi connectivity index (χ4n) is 2.58. The number of benzene rings is 2. The topological polar surface area (TPSA) is 6.48 Å². The van der Waals surface area contributed by atoms with E-state index in [9.17, 15) is 0 Å². The first-order valence-corrected chi connectivity index (χ1v) is 10.1. The maximum Gasteiger partial charge on any atom is 0.0366 e. The third-order valence-corrected chi connectivity index (χ3v) is 5.65. The predicted molar refractivity (Wildman–Crippen MR) is 113 cm³/mol. The van der Waals surface area contributed by atoms with E-state index in [1.165, 1.54) is 17.0 Å². The lowest BCUT2D eigenvalue weighted by molar-refractivity contribution is 0.180. The van der Waals surface area contributed by atoms with Gasteiger partial charge in [0.25, 0.3) is 0 Å². The van der Waals surface area contributed by atoms with Crippen LogP contribution in [0.3, 0.4) is 0 Å². The van der Waals surface area contributed by atoms with Crippen LogP contribution < -0.4 is 4.90 Å². The van der Waals surface area contributed by atoms with Gasteiger partial charge in [0.05, 0.1) is 0 Å². The summed E-state index contributed by atoms with van der Waals surface area (Å²) in [6.07, 6.45) is 1.19. The minimum absolute atomic E-state index is 0.214. The van der Waals surface area contributed by atoms with Gasteiger partial charge in [-0.05, 0) is 64.3 Å². The lowest BCUT2D eigenvalue weighted by Gasteiger charge is -2.34. The molecule has 2 aromatic carbocycles. The van der Waals surface area contributed by atoms with Gasteiger partial charge in [-0.25, -0.2) is 0 Å². The summed E-state index contributed by atoms with van der Waals surface area (Å²) >= 11 is 1.95. The van der Waals surface area contributed by atoms with Gasteiger partial charge in [-0.2, -0.15) is 0 Å². The highest BCUT2D eigenvalue weighted by atomic mass is 32.2. The second-order valence-electron chi connectivity index (χ2n) is 7.43. The molecule has 0 fully saturated rings. The smallest absolute Gasteiger partial charge is 0.0366 e. The quantitative estimate of drug-likeness (QED) is 0.438. The molecule has 0 spiro atoms. The lowest BCUT2D eigenvalue weighted by atomic mass is 10.1. The Kier molecular flexibility index (Phi) is 7.86. The molecule has 2 rings (SSSR count). The Morgan fingerprint density at radius 2 is 1.40 bits per heavy atom. The first-order chi connectivity index (χ1) is 12.0. The van der Waals surface area contributed by atoms with Gasteiger partial charge >= 0.3 is 0 Å². The molecule has 0 aliphatic heterocycles. The van der Waals surface area contributed by atoms with E-state index in [2.05, 4.69) is 98.3 Å². The van der Waals surface area contributed by atoms with E-state index in [0.717, 1.165) is 25.4 Å². The van der Waals surface area contributed by atoms with Crippen LogP contribution in [-0.2, 0) is 0 Å². The molecule has 25 heavy (non-hydrogen) atoms. The largest absolute Gasteiger partial charge is 0.370 e. The molecular weight excluding hydrogens is 324 g/mol. The van der Waals surface area contributed by atoms with Crippen molar-refractivity contribution < 1.29 is 0 Å². The summed E-state index contributed by atoms with van der Waals surface area (Å²) in [6.45, 7) is 10.1. The van der Waals surface area contributed by atoms with Crippen LogP contribution in [0, 0.1) is 0 Å². The molecule has 0 aliphatic rings. The average Bonchev–Trinajstić information content (AvgIpc) is 2.61. The summed E-state index contributed by atoms with van der Waals surface area (Å²) < 4.78 is 0. The molecule has 0 N–H and O–H groups in total. The maximum absolute atomic E-state index is 2.52. The van der Waals surface area contributed by atoms with Crippen molar-refractivity contribution in [3.8, 4) is 0 Å². The summed E-state index contributed by atoms with van der Waals surface area (Å²) in [6, 6.07) is 21.5. The third-order valence-electron chi connectivity index (χ3n) is 4.56. The van der Waals surface area contributed by atoms with E-state index >= 15 is 0 Å². The summed E-state index contributed by atoms with van der Waals surface area (Å²) in [5, 5.41) is 0. The molecule has 3 heteroatoms. The molecule has 0 aromatic heterocycles. The predicted octanol–water partition coefficient (Wildman–Crippen LogP) is 5.41. The Hall–Kier alpha value is -1.45. The molecule has 0 aliphatic carbocycles. The molecule has 0 saturated heterocycles. The molecule has 0 heterocycles. The van der Waals surface area contributed by atoms with Gasteiger partial charge in [0, 0.05) is 35.8 Å². The highest BCUT2D eigenvalue weighted by Crippen LogP contribution is 2.20. The second-order valence-corrected chi connectivity index (χ2v) is 8.60. The number of likely N-dealkylation sites (N-methyl/N-ethyl adjacent to an activating group) is 1. The van der Waals surface area contributed by atoms with Crippen LogP contribution in [-0.4, -0.2) is 42.9 Å². The first kappa shape index (κ1) is 19.9. The van der Waals surface area contributed by atoms with Crippen molar-refractivity contribution in [2.24, 2.45) is 0 Å². The van der Waals surface area contributed by atoms with E-state index in [-0.39, 0.29) is 5.54 Å². The SMILES string of the molecule is CN(CCN(CCCSc1ccccc1)c1ccccc1)C(C)(C)C. The fraction of sp³-hybridized carbons (Fsp3) is 0.455. The zero-order chi connectivity index (χ0) is 18.1. The van der Waals surface area contributed by atoms with Crippen molar-refractivity contribution in [3.05, 3.63) is 60.7 Å². The van der Waals surface area contributed by atoms with E-state index in [1.807, 2.05) is 11.8 Å². The van der Waals surface area contributed by atoms with Crippen LogP contribution in [0.5, 0.6) is 0 Å². The van der Waals surface area contributed by atoms with Gasteiger partial charge in [-0.3, -0.25) is 4.90 Å². The number of nitrogens with zero attached hydrogens (tertiary/aromatic N) is 2. The minimum atomic E-state index is 0.214. The van der Waals surface area contributed by atoms with Crippen LogP contribution in [0.1, 0.15) is 27.2 Å². The second kappa shape index (κ2) is 9.88. The molecule has 2 nitrogen and oxygen atoms in total. The Morgan fingerprint density at radius 1 is 0.800 bits per heavy atom. The Bertz CT molecular complexity index is 592. The molecule has 2 aromatic rings. The van der Waals surface area contributed by atoms with Gasteiger partial charge in [-0.1, -0.05) is 36.4 Å². The molecule has 0 atom stereocenters. The molecular formula is C22H32N2S. The maximum atomic E-state index is 2.52. The van der Waals surface area contributed by atoms with Crippen molar-refractivity contribution in [2.75, 3.05) is 37.3 Å². The number of hydrogen-bond acceptors (Lipinski definition) is 3. The van der Waals surface area contributed by atoms with Gasteiger partial charge in [-0.15, -0.1) is 11.8 Å². The summed E-state index contributed by atoms with van der Waals surface area (Å²) in [5.74, 6) is 1.16. The number of thioether (sulfide) groups is 1. The van der Waals surface area contributed by atoms with Crippen molar-refractivity contribution in [1.29, 1.82) is 0 Å². The summed E-state index contributed by atoms with van der Waals surface area (Å²) in [7, 11) is 2.22. The zero-order valence-corrected chi connectivity index (χ0v) is 16.9. The lowest BCUT2D eigenvalue weighted by Crippen LogP contribution is -2.43. The van der Waals surface area contributed by atoms with E-state index in [1.54, 1.807) is 0 Å². The standard InChI is InChI=1S/C22H32N2S/c1-22(2,3)23(4)17-18-24(20-12-7-5-8-13-20)16-11-19-25-21-14-9-6-10-15-21/h5-10,12-15H,11,16-19H2,1-4H3. The van der Waals surface area contributed by atoms with E-state index < -0.39 is 0 Å². The third kappa shape index (κ3) is 7.13. The van der Waals surface area contributed by atoms with Crippen LogP contribution >= 0.6 is 11.8 Å². The van der Waals surface area contributed by atoms with Gasteiger partial charge in [0.15, 0.2) is 0 Å². The van der Waals surface area contributed by atoms with E-state index in [4.69, 9.17) is 0 Å². The van der Waals surface area contributed by atoms with Crippen LogP contribution in [0.2, 0.25) is 0 Å². The summed E-state index contributed by atoms with van der Waals surface area (Å²) in [4.78, 5) is 6.32. The first-order valence-electron chi connectivity index (χ1n) is 9.16. The Morgan fingerprint density at radius 3 is 2.00 bits per heavy atom. The molecule has 0 bridgehead atoms. The van der Waals surface area contributed by atoms with Crippen LogP contribution in [0.25, 0.3) is 0 Å². The molecule has 0 saturated carbocycles. The van der Waals surface area contributed by atoms with Crippen molar-refractivity contribution in [1.82, 2.24) is 4.90 Å². The van der Waals surface area contributed by atoms with Crippen LogP contribution in [0.15, 0.2) is 65.6 Å². The monoisotopic (exact) mass is 356 g/mol. The molecule has 0 unspecified atom stereocenters. The number of anilines is 1. The highest BCUT2D eigenvalue weighted by Gasteiger charge is 2.17. The molecule has 0 radical (unpaired) electrons. The minimum Gasteiger partial charge on any atom is -0.370 e.